The van der Waals surface area contributed by atoms with Crippen LogP contribution in [0.4, 0.5) is 0 Å². The van der Waals surface area contributed by atoms with Crippen molar-refractivity contribution < 1.29 is 18.7 Å². The molecule has 1 N–H and O–H groups in total. The number of rotatable bonds is 9. The molecule has 0 saturated carbocycles. The van der Waals surface area contributed by atoms with Gasteiger partial charge >= 0.3 is 0 Å². The van der Waals surface area contributed by atoms with Crippen LogP contribution in [-0.2, 0) is 13.2 Å². The maximum Gasteiger partial charge on any atom is 0.286 e. The number of benzene rings is 1. The molecular weight excluding hydrogens is 370 g/mol. The smallest absolute Gasteiger partial charge is 0.286 e. The number of nitrogens with one attached hydrogen (secondary N) is 1. The van der Waals surface area contributed by atoms with Crippen LogP contribution in [0.15, 0.2) is 53.2 Å². The van der Waals surface area contributed by atoms with E-state index in [1.54, 1.807) is 42.4 Å². The average Bonchev–Trinajstić information content (AvgIpc) is 3.32. The molecule has 0 aliphatic heterocycles. The van der Waals surface area contributed by atoms with Crippen LogP contribution < -0.4 is 14.8 Å². The first-order valence-corrected chi connectivity index (χ1v) is 8.83. The Bertz CT molecular complexity index is 890. The molecule has 0 fully saturated rings. The summed E-state index contributed by atoms with van der Waals surface area (Å²) < 4.78 is 18.1. The highest BCUT2D eigenvalue weighted by molar-refractivity contribution is 6.30. The molecule has 2 aromatic heterocycles. The van der Waals surface area contributed by atoms with Gasteiger partial charge in [0.25, 0.3) is 5.91 Å². The van der Waals surface area contributed by atoms with Gasteiger partial charge in [-0.25, -0.2) is 0 Å². The van der Waals surface area contributed by atoms with Crippen molar-refractivity contribution in [2.24, 2.45) is 0 Å². The Kier molecular flexibility index (Phi) is 6.38. The lowest BCUT2D eigenvalue weighted by Crippen LogP contribution is -2.24. The van der Waals surface area contributed by atoms with Crippen molar-refractivity contribution in [1.82, 2.24) is 15.1 Å². The van der Waals surface area contributed by atoms with Crippen LogP contribution in [0.1, 0.15) is 22.7 Å². The standard InChI is InChI=1S/C19H20ClN3O4/c1-25-15-4-2-5-16(10-15)26-13-17-6-7-18(27-17)19(24)21-8-3-9-23-12-14(20)11-22-23/h2,4-7,10-12H,3,8-9,13H2,1H3,(H,21,24). The molecule has 0 atom stereocenters. The largest absolute Gasteiger partial charge is 0.497 e. The summed E-state index contributed by atoms with van der Waals surface area (Å²) in [4.78, 5) is 12.1. The number of aromatic nitrogens is 2. The van der Waals surface area contributed by atoms with Crippen molar-refractivity contribution in [2.45, 2.75) is 19.6 Å². The number of hydrogen-bond acceptors (Lipinski definition) is 5. The van der Waals surface area contributed by atoms with Gasteiger partial charge in [0.2, 0.25) is 0 Å². The summed E-state index contributed by atoms with van der Waals surface area (Å²) in [5.41, 5.74) is 0. The van der Waals surface area contributed by atoms with Crippen LogP contribution in [0.2, 0.25) is 5.02 Å². The molecule has 3 aromatic rings. The van der Waals surface area contributed by atoms with Gasteiger partial charge in [0.15, 0.2) is 5.76 Å². The zero-order chi connectivity index (χ0) is 19.1. The molecule has 0 spiro atoms. The van der Waals surface area contributed by atoms with Gasteiger partial charge in [-0.2, -0.15) is 5.10 Å². The third-order valence-electron chi connectivity index (χ3n) is 3.76. The molecule has 1 aromatic carbocycles. The Balaban J connectivity index is 1.42. The fourth-order valence-electron chi connectivity index (χ4n) is 2.41. The second-order valence-electron chi connectivity index (χ2n) is 5.76. The zero-order valence-corrected chi connectivity index (χ0v) is 15.6. The summed E-state index contributed by atoms with van der Waals surface area (Å²) in [6.45, 7) is 1.40. The molecule has 2 heterocycles. The predicted octanol–water partition coefficient (Wildman–Crippen LogP) is 3.54. The van der Waals surface area contributed by atoms with Crippen LogP contribution >= 0.6 is 11.6 Å². The van der Waals surface area contributed by atoms with E-state index in [-0.39, 0.29) is 18.3 Å². The van der Waals surface area contributed by atoms with Crippen LogP contribution in [0.3, 0.4) is 0 Å². The molecule has 0 bridgehead atoms. The fraction of sp³-hybridized carbons (Fsp3) is 0.263. The monoisotopic (exact) mass is 389 g/mol. The first kappa shape index (κ1) is 18.8. The Hall–Kier alpha value is -2.93. The summed E-state index contributed by atoms with van der Waals surface area (Å²) in [6, 6.07) is 10.6. The Morgan fingerprint density at radius 2 is 2.15 bits per heavy atom. The highest BCUT2D eigenvalue weighted by Crippen LogP contribution is 2.20. The maximum atomic E-state index is 12.1. The summed E-state index contributed by atoms with van der Waals surface area (Å²) in [5.74, 6) is 1.93. The first-order valence-electron chi connectivity index (χ1n) is 8.46. The van der Waals surface area contributed by atoms with Gasteiger partial charge in [-0.3, -0.25) is 9.48 Å². The quantitative estimate of drug-likeness (QED) is 0.566. The summed E-state index contributed by atoms with van der Waals surface area (Å²) in [6.07, 6.45) is 4.05. The van der Waals surface area contributed by atoms with Crippen LogP contribution in [-0.4, -0.2) is 29.3 Å². The Morgan fingerprint density at radius 1 is 1.30 bits per heavy atom. The van der Waals surface area contributed by atoms with Gasteiger partial charge < -0.3 is 19.2 Å². The van der Waals surface area contributed by atoms with Crippen molar-refractivity contribution in [2.75, 3.05) is 13.7 Å². The topological polar surface area (TPSA) is 78.5 Å². The molecule has 3 rings (SSSR count). The highest BCUT2D eigenvalue weighted by atomic mass is 35.5. The molecule has 7 nitrogen and oxygen atoms in total. The Morgan fingerprint density at radius 3 is 2.93 bits per heavy atom. The minimum absolute atomic E-state index is 0.223. The molecule has 0 aliphatic rings. The predicted molar refractivity (Wildman–Crippen MR) is 100 cm³/mol. The van der Waals surface area contributed by atoms with Crippen LogP contribution in [0.25, 0.3) is 0 Å². The van der Waals surface area contributed by atoms with Crippen molar-refractivity contribution >= 4 is 17.5 Å². The molecule has 142 valence electrons. The second-order valence-corrected chi connectivity index (χ2v) is 6.20. The third-order valence-corrected chi connectivity index (χ3v) is 3.95. The Labute approximate surface area is 161 Å². The number of carbonyl (C=O) groups is 1. The number of methoxy groups -OCH3 is 1. The van der Waals surface area contributed by atoms with E-state index in [1.165, 1.54) is 0 Å². The van der Waals surface area contributed by atoms with E-state index < -0.39 is 0 Å². The molecular formula is C19H20ClN3O4. The SMILES string of the molecule is COc1cccc(OCc2ccc(C(=O)NCCCn3cc(Cl)cn3)o2)c1. The van der Waals surface area contributed by atoms with Gasteiger partial charge in [-0.05, 0) is 30.7 Å². The molecule has 0 unspecified atom stereocenters. The maximum absolute atomic E-state index is 12.1. The minimum atomic E-state index is -0.263. The zero-order valence-electron chi connectivity index (χ0n) is 14.9. The van der Waals surface area contributed by atoms with E-state index in [1.807, 2.05) is 18.2 Å². The molecule has 27 heavy (non-hydrogen) atoms. The van der Waals surface area contributed by atoms with Crippen molar-refractivity contribution in [3.05, 3.63) is 65.3 Å². The lowest BCUT2D eigenvalue weighted by Gasteiger charge is -2.06. The number of ether oxygens (including phenoxy) is 2. The molecule has 8 heteroatoms. The minimum Gasteiger partial charge on any atom is -0.497 e. The van der Waals surface area contributed by atoms with Gasteiger partial charge in [0, 0.05) is 25.4 Å². The van der Waals surface area contributed by atoms with Gasteiger partial charge in [0.1, 0.15) is 23.9 Å². The number of furan rings is 1. The van der Waals surface area contributed by atoms with Gasteiger partial charge in [-0.15, -0.1) is 0 Å². The van der Waals surface area contributed by atoms with E-state index in [4.69, 9.17) is 25.5 Å². The van der Waals surface area contributed by atoms with Crippen LogP contribution in [0, 0.1) is 0 Å². The lowest BCUT2D eigenvalue weighted by atomic mass is 10.3. The number of aryl methyl sites for hydroxylation is 1. The normalized spacial score (nSPS) is 10.6. The van der Waals surface area contributed by atoms with Gasteiger partial charge in [0.05, 0.1) is 18.3 Å². The molecule has 0 radical (unpaired) electrons. The number of amides is 1. The number of nitrogens with zero attached hydrogens (tertiary/aromatic N) is 2. The fourth-order valence-corrected chi connectivity index (χ4v) is 2.57. The van der Waals surface area contributed by atoms with Crippen LogP contribution in [0.5, 0.6) is 11.5 Å². The summed E-state index contributed by atoms with van der Waals surface area (Å²) >= 11 is 5.80. The second kappa shape index (κ2) is 9.14. The van der Waals surface area contributed by atoms with E-state index in [0.29, 0.717) is 35.4 Å². The molecule has 0 aliphatic carbocycles. The van der Waals surface area contributed by atoms with Crippen molar-refractivity contribution in [1.29, 1.82) is 0 Å². The van der Waals surface area contributed by atoms with Gasteiger partial charge in [-0.1, -0.05) is 17.7 Å². The van der Waals surface area contributed by atoms with E-state index in [9.17, 15) is 4.79 Å². The van der Waals surface area contributed by atoms with E-state index in [0.717, 1.165) is 6.42 Å². The molecule has 1 amide bonds. The number of hydrogen-bond donors (Lipinski definition) is 1. The first-order chi connectivity index (χ1) is 13.1. The summed E-state index contributed by atoms with van der Waals surface area (Å²) in [7, 11) is 1.60. The van der Waals surface area contributed by atoms with E-state index >= 15 is 0 Å². The number of carbonyl (C=O) groups excluding carboxylic acids is 1. The van der Waals surface area contributed by atoms with E-state index in [2.05, 4.69) is 10.4 Å². The lowest BCUT2D eigenvalue weighted by molar-refractivity contribution is 0.0921. The van der Waals surface area contributed by atoms with Crippen molar-refractivity contribution in [3.63, 3.8) is 0 Å². The molecule has 0 saturated heterocycles. The average molecular weight is 390 g/mol. The van der Waals surface area contributed by atoms with Crippen molar-refractivity contribution in [3.8, 4) is 11.5 Å². The summed E-state index contributed by atoms with van der Waals surface area (Å²) in [5, 5.41) is 7.49. The third kappa shape index (κ3) is 5.52. The highest BCUT2D eigenvalue weighted by Gasteiger charge is 2.11. The number of halogens is 1.